The smallest absolute Gasteiger partial charge is 0.160 e. The molecule has 0 bridgehead atoms. The molecule has 2 heterocycles. The Bertz CT molecular complexity index is 818. The molecule has 0 amide bonds. The normalized spacial score (nSPS) is 16.0. The van der Waals surface area contributed by atoms with Gasteiger partial charge in [0.25, 0.3) is 0 Å². The van der Waals surface area contributed by atoms with Crippen LogP contribution in [-0.4, -0.2) is 4.68 Å². The van der Waals surface area contributed by atoms with E-state index < -0.39 is 0 Å². The minimum absolute atomic E-state index is 0.0873. The highest BCUT2D eigenvalue weighted by molar-refractivity contribution is 5.48. The summed E-state index contributed by atoms with van der Waals surface area (Å²) in [5.74, 6) is 0. The lowest BCUT2D eigenvalue weighted by molar-refractivity contribution is 0.756. The van der Waals surface area contributed by atoms with Crippen LogP contribution in [0.4, 0.5) is 0 Å². The molecule has 1 aromatic carbocycles. The molecule has 3 rings (SSSR count). The summed E-state index contributed by atoms with van der Waals surface area (Å²) < 4.78 is 1.95. The first-order valence-electron chi connectivity index (χ1n) is 6.61. The number of aromatic nitrogens is 1. The van der Waals surface area contributed by atoms with Crippen molar-refractivity contribution in [3.8, 4) is 6.07 Å². The van der Waals surface area contributed by atoms with Crippen molar-refractivity contribution >= 4 is 5.57 Å². The highest BCUT2D eigenvalue weighted by atomic mass is 15.5. The van der Waals surface area contributed by atoms with Crippen molar-refractivity contribution in [2.75, 3.05) is 5.43 Å². The molecule has 0 spiro atoms. The van der Waals surface area contributed by atoms with Crippen LogP contribution in [0.25, 0.3) is 5.57 Å². The van der Waals surface area contributed by atoms with Gasteiger partial charge >= 0.3 is 0 Å². The quantitative estimate of drug-likeness (QED) is 0.853. The fourth-order valence-corrected chi connectivity index (χ4v) is 2.62. The zero-order chi connectivity index (χ0) is 14.3. The van der Waals surface area contributed by atoms with E-state index in [9.17, 15) is 5.26 Å². The van der Waals surface area contributed by atoms with E-state index in [0.29, 0.717) is 5.56 Å². The van der Waals surface area contributed by atoms with Gasteiger partial charge in [-0.25, -0.2) is 9.67 Å². The van der Waals surface area contributed by atoms with E-state index in [2.05, 4.69) is 23.6 Å². The molecule has 1 unspecified atom stereocenters. The minimum Gasteiger partial charge on any atom is -0.295 e. The van der Waals surface area contributed by atoms with Crippen LogP contribution in [0, 0.1) is 18.3 Å². The molecular weight excluding hydrogens is 248 g/mol. The largest absolute Gasteiger partial charge is 0.295 e. The van der Waals surface area contributed by atoms with Crippen molar-refractivity contribution in [1.29, 1.82) is 5.26 Å². The van der Waals surface area contributed by atoms with Crippen LogP contribution in [0.1, 0.15) is 36.7 Å². The van der Waals surface area contributed by atoms with Crippen molar-refractivity contribution in [3.05, 3.63) is 57.9 Å². The molecule has 0 saturated carbocycles. The van der Waals surface area contributed by atoms with Crippen LogP contribution in [0.15, 0.2) is 35.3 Å². The summed E-state index contributed by atoms with van der Waals surface area (Å²) in [4.78, 5) is 4.72. The molecular formula is C16H16N4. The molecule has 2 aromatic rings. The monoisotopic (exact) mass is 264 g/mol. The molecule has 1 aliphatic heterocycles. The van der Waals surface area contributed by atoms with Crippen molar-refractivity contribution in [1.82, 2.24) is 4.68 Å². The van der Waals surface area contributed by atoms with Crippen LogP contribution in [0.3, 0.4) is 0 Å². The molecule has 1 atom stereocenters. The van der Waals surface area contributed by atoms with Crippen molar-refractivity contribution in [2.45, 2.75) is 26.9 Å². The van der Waals surface area contributed by atoms with Crippen LogP contribution in [0.5, 0.6) is 0 Å². The molecule has 0 fully saturated rings. The van der Waals surface area contributed by atoms with Crippen molar-refractivity contribution < 1.29 is 0 Å². The standard InChI is InChI=1S/C16H16N4/c1-10(2)14-13(9-17)11(3)16-18-15(19-20(14)16)12-7-5-4-6-8-12/h4-8,15,19H,1-3H3. The summed E-state index contributed by atoms with van der Waals surface area (Å²) in [7, 11) is 0. The summed E-state index contributed by atoms with van der Waals surface area (Å²) in [6.07, 6.45) is -0.0873. The number of fused-ring (bicyclic) bond motifs is 1. The van der Waals surface area contributed by atoms with Gasteiger partial charge in [0, 0.05) is 5.56 Å². The minimum atomic E-state index is -0.0873. The molecule has 1 N–H and O–H groups in total. The third kappa shape index (κ3) is 1.71. The van der Waals surface area contributed by atoms with Crippen LogP contribution >= 0.6 is 0 Å². The fourth-order valence-electron chi connectivity index (χ4n) is 2.62. The summed E-state index contributed by atoms with van der Waals surface area (Å²) in [6.45, 7) is 5.98. The Hall–Kier alpha value is -2.54. The van der Waals surface area contributed by atoms with Gasteiger partial charge in [-0.1, -0.05) is 30.3 Å². The fraction of sp³-hybridized carbons (Fsp3) is 0.250. The molecule has 4 nitrogen and oxygen atoms in total. The number of rotatable bonds is 1. The highest BCUT2D eigenvalue weighted by Gasteiger charge is 2.22. The van der Waals surface area contributed by atoms with E-state index in [0.717, 1.165) is 27.5 Å². The van der Waals surface area contributed by atoms with Gasteiger partial charge in [0.1, 0.15) is 6.07 Å². The zero-order valence-corrected chi connectivity index (χ0v) is 11.8. The summed E-state index contributed by atoms with van der Waals surface area (Å²) in [6, 6.07) is 12.4. The lowest BCUT2D eigenvalue weighted by Crippen LogP contribution is -2.32. The molecule has 1 aliphatic rings. The second-order valence-corrected chi connectivity index (χ2v) is 5.19. The molecule has 0 aliphatic carbocycles. The number of nitrogens with zero attached hydrogens (tertiary/aromatic N) is 3. The van der Waals surface area contributed by atoms with Gasteiger partial charge in [0.2, 0.25) is 0 Å². The first-order chi connectivity index (χ1) is 9.63. The van der Waals surface area contributed by atoms with E-state index in [4.69, 9.17) is 4.99 Å². The molecule has 4 heteroatoms. The summed E-state index contributed by atoms with van der Waals surface area (Å²) in [5.41, 5.74) is 8.10. The van der Waals surface area contributed by atoms with Crippen molar-refractivity contribution in [3.63, 3.8) is 0 Å². The zero-order valence-electron chi connectivity index (χ0n) is 11.8. The second-order valence-electron chi connectivity index (χ2n) is 5.19. The molecule has 20 heavy (non-hydrogen) atoms. The van der Waals surface area contributed by atoms with Gasteiger partial charge in [0.15, 0.2) is 11.7 Å². The average Bonchev–Trinajstić information content (AvgIpc) is 2.98. The lowest BCUT2D eigenvalue weighted by atomic mass is 10.1. The van der Waals surface area contributed by atoms with E-state index in [1.165, 1.54) is 0 Å². The van der Waals surface area contributed by atoms with Crippen LogP contribution < -0.4 is 16.3 Å². The van der Waals surface area contributed by atoms with Crippen LogP contribution in [0.2, 0.25) is 0 Å². The Morgan fingerprint density at radius 1 is 1.30 bits per heavy atom. The van der Waals surface area contributed by atoms with Crippen molar-refractivity contribution in [2.24, 2.45) is 4.99 Å². The number of nitrogens with one attached hydrogen (secondary N) is 1. The Balaban J connectivity index is 2.22. The van der Waals surface area contributed by atoms with Gasteiger partial charge in [-0.2, -0.15) is 5.26 Å². The first-order valence-corrected chi connectivity index (χ1v) is 6.61. The molecule has 0 radical (unpaired) electrons. The van der Waals surface area contributed by atoms with E-state index in [-0.39, 0.29) is 6.17 Å². The maximum atomic E-state index is 9.34. The topological polar surface area (TPSA) is 53.1 Å². The number of hydrogen-bond donors (Lipinski definition) is 1. The Morgan fingerprint density at radius 3 is 2.60 bits per heavy atom. The molecule has 1 aromatic heterocycles. The highest BCUT2D eigenvalue weighted by Crippen LogP contribution is 2.17. The third-order valence-corrected chi connectivity index (χ3v) is 3.59. The number of nitriles is 1. The average molecular weight is 264 g/mol. The Morgan fingerprint density at radius 2 is 2.00 bits per heavy atom. The summed E-state index contributed by atoms with van der Waals surface area (Å²) in [5, 5.41) is 10.3. The van der Waals surface area contributed by atoms with E-state index in [1.54, 1.807) is 0 Å². The van der Waals surface area contributed by atoms with Crippen LogP contribution in [-0.2, 0) is 0 Å². The maximum Gasteiger partial charge on any atom is 0.160 e. The predicted octanol–water partition coefficient (Wildman–Crippen LogP) is 1.73. The predicted molar refractivity (Wildman–Crippen MR) is 78.0 cm³/mol. The first kappa shape index (κ1) is 12.5. The number of benzene rings is 1. The van der Waals surface area contributed by atoms with E-state index in [1.807, 2.05) is 43.6 Å². The third-order valence-electron chi connectivity index (χ3n) is 3.59. The second kappa shape index (κ2) is 4.53. The SMILES string of the molecule is CC(C)=c1c(C#N)c(C)c2n1NC(c1ccccc1)N=2. The van der Waals surface area contributed by atoms with E-state index >= 15 is 0 Å². The Labute approximate surface area is 117 Å². The molecule has 0 saturated heterocycles. The summed E-state index contributed by atoms with van der Waals surface area (Å²) >= 11 is 0. The van der Waals surface area contributed by atoms with Gasteiger partial charge < -0.3 is 0 Å². The van der Waals surface area contributed by atoms with Gasteiger partial charge in [-0.15, -0.1) is 0 Å². The lowest BCUT2D eigenvalue weighted by Gasteiger charge is -2.11. The Kier molecular flexibility index (Phi) is 2.83. The maximum absolute atomic E-state index is 9.34. The number of hydrogen-bond acceptors (Lipinski definition) is 3. The van der Waals surface area contributed by atoms with Gasteiger partial charge in [-0.3, -0.25) is 5.43 Å². The van der Waals surface area contributed by atoms with Gasteiger partial charge in [0.05, 0.1) is 10.9 Å². The molecule has 100 valence electrons. The van der Waals surface area contributed by atoms with Gasteiger partial charge in [-0.05, 0) is 31.9 Å².